The standard InChI is InChI=1S/C74H105ClF3IN12O12/c1-15-17-28-54-69(99)89(13)58(40-50-25-19-20-27-53(50)74(76,77)78)67(97)82-56(35-45(3)4)70(100)90(14)60(72(102)91-33-21-18-22-34-91)41-62(93)87(11)57(36-46(5)6)68(98)83-65(47(7)16-2)73(103)86(10)43-63(94)84(8)44-64(95)88(12)59(39-48-29-31-51(75)32-30-48)71(101)85(9)42-61(92)80-55(66(96)81-54)38-49-24-23-26-52(79)37-49/h19-20,23-27,29-32,37,45-47,54-60,65H,15-18,21-22,28,33-36,38-44H2,1-14H3,(H,80,92)(H,81,96)(H,82,97)(H,83,98)/t47-,54-,55-,56-,57-,58-,59-,60?,65-/m0/s1. The monoisotopic (exact) mass is 1570 g/mol. The predicted molar refractivity (Wildman–Crippen MR) is 393 cm³/mol. The summed E-state index contributed by atoms with van der Waals surface area (Å²) >= 11 is 8.32. The molecule has 0 saturated carbocycles. The van der Waals surface area contributed by atoms with Crippen LogP contribution >= 0.6 is 34.2 Å². The van der Waals surface area contributed by atoms with E-state index in [1.165, 1.54) is 66.4 Å². The lowest BCUT2D eigenvalue weighted by Gasteiger charge is -2.38. The van der Waals surface area contributed by atoms with E-state index in [1.54, 1.807) is 76.2 Å². The number of nitrogens with one attached hydrogen (secondary N) is 4. The van der Waals surface area contributed by atoms with Gasteiger partial charge in [0.05, 0.1) is 31.6 Å². The number of likely N-dealkylation sites (tertiary alicyclic amines) is 1. The lowest BCUT2D eigenvalue weighted by atomic mass is 9.95. The number of amides is 12. The first-order valence-electron chi connectivity index (χ1n) is 35.3. The van der Waals surface area contributed by atoms with E-state index in [2.05, 4.69) is 43.9 Å². The number of unbranched alkanes of at least 4 members (excludes halogenated alkanes) is 1. The second-order valence-electron chi connectivity index (χ2n) is 28.2. The van der Waals surface area contributed by atoms with Crippen molar-refractivity contribution in [3.8, 4) is 0 Å². The van der Waals surface area contributed by atoms with Crippen molar-refractivity contribution >= 4 is 105 Å². The van der Waals surface area contributed by atoms with Crippen LogP contribution in [0.3, 0.4) is 0 Å². The summed E-state index contributed by atoms with van der Waals surface area (Å²) < 4.78 is 45.7. The maximum absolute atomic E-state index is 15.4. The Morgan fingerprint density at radius 2 is 1.14 bits per heavy atom. The molecule has 3 aromatic rings. The van der Waals surface area contributed by atoms with Gasteiger partial charge in [0, 0.05) is 90.3 Å². The maximum Gasteiger partial charge on any atom is 0.416 e. The normalized spacial score (nSPS) is 23.3. The summed E-state index contributed by atoms with van der Waals surface area (Å²) in [7, 11) is 9.24. The van der Waals surface area contributed by atoms with E-state index < -0.39 is 175 Å². The molecule has 0 aliphatic carbocycles. The zero-order chi connectivity index (χ0) is 76.9. The van der Waals surface area contributed by atoms with Gasteiger partial charge in [0.1, 0.15) is 48.3 Å². The first-order chi connectivity index (χ1) is 48.4. The lowest BCUT2D eigenvalue weighted by molar-refractivity contribution is -0.151. The van der Waals surface area contributed by atoms with Crippen molar-refractivity contribution in [2.45, 2.75) is 186 Å². The Kier molecular flexibility index (Phi) is 33.2. The van der Waals surface area contributed by atoms with Crippen molar-refractivity contribution in [1.29, 1.82) is 0 Å². The fourth-order valence-electron chi connectivity index (χ4n) is 12.7. The van der Waals surface area contributed by atoms with E-state index in [-0.39, 0.29) is 57.0 Å². The lowest BCUT2D eigenvalue weighted by Crippen LogP contribution is -2.61. The molecule has 9 atom stereocenters. The molecule has 103 heavy (non-hydrogen) atoms. The molecule has 568 valence electrons. The zero-order valence-corrected chi connectivity index (χ0v) is 64.8. The molecule has 0 bridgehead atoms. The maximum atomic E-state index is 15.4. The van der Waals surface area contributed by atoms with Crippen molar-refractivity contribution in [2.75, 3.05) is 82.1 Å². The van der Waals surface area contributed by atoms with Gasteiger partial charge >= 0.3 is 6.18 Å². The number of rotatable bonds is 16. The average Bonchev–Trinajstić information content (AvgIpc) is 0.815. The van der Waals surface area contributed by atoms with Gasteiger partial charge in [-0.3, -0.25) is 57.5 Å². The molecule has 2 fully saturated rings. The predicted octanol–water partition coefficient (Wildman–Crippen LogP) is 6.36. The second kappa shape index (κ2) is 39.8. The molecule has 3 aromatic carbocycles. The molecule has 0 spiro atoms. The van der Waals surface area contributed by atoms with Gasteiger partial charge in [-0.1, -0.05) is 122 Å². The topological polar surface area (TPSA) is 279 Å². The van der Waals surface area contributed by atoms with E-state index in [9.17, 15) is 46.7 Å². The van der Waals surface area contributed by atoms with Crippen molar-refractivity contribution in [3.05, 3.63) is 104 Å². The van der Waals surface area contributed by atoms with Crippen molar-refractivity contribution in [2.24, 2.45) is 17.8 Å². The molecule has 2 aliphatic heterocycles. The van der Waals surface area contributed by atoms with E-state index in [0.717, 1.165) is 56.4 Å². The molecular weight excluding hydrogens is 1470 g/mol. The largest absolute Gasteiger partial charge is 0.416 e. The molecule has 2 saturated heterocycles. The van der Waals surface area contributed by atoms with Crippen LogP contribution < -0.4 is 21.3 Å². The fraction of sp³-hybridized carbons (Fsp3) is 0.595. The molecule has 29 heteroatoms. The van der Waals surface area contributed by atoms with Gasteiger partial charge in [-0.15, -0.1) is 0 Å². The number of hydrogen-bond acceptors (Lipinski definition) is 12. The van der Waals surface area contributed by atoms with Crippen LogP contribution in [-0.4, -0.2) is 240 Å². The number of benzene rings is 3. The van der Waals surface area contributed by atoms with Gasteiger partial charge in [-0.2, -0.15) is 13.2 Å². The third-order valence-electron chi connectivity index (χ3n) is 19.2. The van der Waals surface area contributed by atoms with Gasteiger partial charge in [-0.05, 0) is 126 Å². The Morgan fingerprint density at radius 3 is 1.74 bits per heavy atom. The highest BCUT2D eigenvalue weighted by molar-refractivity contribution is 14.1. The van der Waals surface area contributed by atoms with Gasteiger partial charge in [-0.25, -0.2) is 0 Å². The highest BCUT2D eigenvalue weighted by atomic mass is 127. The quantitative estimate of drug-likeness (QED) is 0.114. The number of carbonyl (C=O) groups excluding carboxylic acids is 12. The highest BCUT2D eigenvalue weighted by Crippen LogP contribution is 2.33. The van der Waals surface area contributed by atoms with Crippen LogP contribution in [0, 0.1) is 21.3 Å². The van der Waals surface area contributed by atoms with Crippen LogP contribution in [0.2, 0.25) is 5.02 Å². The van der Waals surface area contributed by atoms with Crippen LogP contribution in [-0.2, 0) is 83.0 Å². The van der Waals surface area contributed by atoms with Crippen LogP contribution in [0.1, 0.15) is 135 Å². The van der Waals surface area contributed by atoms with Crippen LogP contribution in [0.25, 0.3) is 0 Å². The first kappa shape index (κ1) is 85.8. The van der Waals surface area contributed by atoms with Crippen LogP contribution in [0.5, 0.6) is 0 Å². The molecule has 1 unspecified atom stereocenters. The number of nitrogens with zero attached hydrogens (tertiary/aromatic N) is 8. The van der Waals surface area contributed by atoms with Crippen LogP contribution in [0.4, 0.5) is 13.2 Å². The van der Waals surface area contributed by atoms with Gasteiger partial charge in [0.25, 0.3) is 0 Å². The van der Waals surface area contributed by atoms with Crippen molar-refractivity contribution < 1.29 is 70.7 Å². The summed E-state index contributed by atoms with van der Waals surface area (Å²) in [6.07, 6.45) is -3.58. The molecular formula is C74H105ClF3IN12O12. The Morgan fingerprint density at radius 1 is 0.553 bits per heavy atom. The van der Waals surface area contributed by atoms with Crippen molar-refractivity contribution in [3.63, 3.8) is 0 Å². The molecule has 0 aromatic heterocycles. The molecule has 2 heterocycles. The molecule has 5 rings (SSSR count). The third kappa shape index (κ3) is 24.9. The summed E-state index contributed by atoms with van der Waals surface area (Å²) in [5.74, 6) is -10.7. The Hall–Kier alpha value is -7.89. The summed E-state index contributed by atoms with van der Waals surface area (Å²) in [4.78, 5) is 188. The Bertz CT molecular complexity index is 3470. The number of likely N-dealkylation sites (N-methyl/N-ethyl adjacent to an activating group) is 7. The summed E-state index contributed by atoms with van der Waals surface area (Å²) in [5, 5.41) is 11.5. The summed E-state index contributed by atoms with van der Waals surface area (Å²) in [6.45, 7) is 11.2. The second-order valence-corrected chi connectivity index (χ2v) is 29.9. The van der Waals surface area contributed by atoms with Crippen molar-refractivity contribution in [1.82, 2.24) is 60.5 Å². The fourth-order valence-corrected chi connectivity index (χ4v) is 13.4. The van der Waals surface area contributed by atoms with E-state index in [1.807, 2.05) is 20.8 Å². The van der Waals surface area contributed by atoms with E-state index in [4.69, 9.17) is 11.6 Å². The third-order valence-corrected chi connectivity index (χ3v) is 20.1. The highest BCUT2D eigenvalue weighted by Gasteiger charge is 2.44. The molecule has 4 N–H and O–H groups in total. The smallest absolute Gasteiger partial charge is 0.343 e. The minimum absolute atomic E-state index is 0.0580. The number of alkyl halides is 3. The molecule has 2 aliphatic rings. The number of hydrogen-bond donors (Lipinski definition) is 4. The Labute approximate surface area is 622 Å². The van der Waals surface area contributed by atoms with Gasteiger partial charge in [0.15, 0.2) is 0 Å². The zero-order valence-electron chi connectivity index (χ0n) is 61.9. The molecule has 0 radical (unpaired) electrons. The number of carbonyl (C=O) groups is 12. The van der Waals surface area contributed by atoms with E-state index >= 15 is 24.0 Å². The Balaban J connectivity index is 1.70. The molecule has 12 amide bonds. The average molecular weight is 1570 g/mol. The number of piperidine rings is 1. The summed E-state index contributed by atoms with van der Waals surface area (Å²) in [5.41, 5.74) is -0.368. The van der Waals surface area contributed by atoms with E-state index in [0.29, 0.717) is 48.3 Å². The first-order valence-corrected chi connectivity index (χ1v) is 36.8. The molecule has 24 nitrogen and oxygen atoms in total. The SMILES string of the molecule is CCCC[C@@H]1NC(=O)[C@H](Cc2cccc(I)c2)NC(=O)CN(C)C(=O)[C@H](Cc2ccc(Cl)cc2)N(C)C(=O)CN(C)C(=O)CN(C)C(=O)[C@H]([C@@H](C)CC)NC(=O)[C@H](CC(C)C)N(C)C(=O)CC(C(=O)N2CCCCC2)N(C)C(=O)[C@H](CC(C)C)NC(=O)[C@H](Cc2ccccc2C(F)(F)F)N(C)C1=O. The summed E-state index contributed by atoms with van der Waals surface area (Å²) in [6, 6.07) is 6.30. The number of halogens is 5. The van der Waals surface area contributed by atoms with Gasteiger partial charge in [0.2, 0.25) is 70.9 Å². The van der Waals surface area contributed by atoms with Gasteiger partial charge < -0.3 is 60.5 Å². The minimum Gasteiger partial charge on any atom is -0.343 e. The van der Waals surface area contributed by atoms with Crippen LogP contribution in [0.15, 0.2) is 72.8 Å². The minimum atomic E-state index is -4.94.